The van der Waals surface area contributed by atoms with E-state index in [-0.39, 0.29) is 5.91 Å². The van der Waals surface area contributed by atoms with E-state index in [4.69, 9.17) is 21.1 Å². The fourth-order valence-electron chi connectivity index (χ4n) is 3.94. The van der Waals surface area contributed by atoms with Gasteiger partial charge >= 0.3 is 0 Å². The van der Waals surface area contributed by atoms with E-state index in [1.165, 1.54) is 4.90 Å². The lowest BCUT2D eigenvalue weighted by atomic mass is 9.95. The first-order chi connectivity index (χ1) is 17.5. The SMILES string of the molecule is CSc1ccc(-c2ccc(NC(=O)c3ccc(Oc4cc5c(cc4Cl)C(C)CCO5)cc3)nn2)cc1. The zero-order valence-corrected chi connectivity index (χ0v) is 21.4. The van der Waals surface area contributed by atoms with Crippen molar-refractivity contribution in [1.29, 1.82) is 0 Å². The highest BCUT2D eigenvalue weighted by Crippen LogP contribution is 2.41. The number of nitrogens with one attached hydrogen (secondary N) is 1. The number of amides is 1. The molecule has 1 aromatic heterocycles. The molecule has 0 bridgehead atoms. The van der Waals surface area contributed by atoms with Crippen LogP contribution in [0.15, 0.2) is 77.7 Å². The monoisotopic (exact) mass is 517 g/mol. The molecule has 0 radical (unpaired) electrons. The Morgan fingerprint density at radius 2 is 1.83 bits per heavy atom. The predicted octanol–water partition coefficient (Wildman–Crippen LogP) is 7.45. The molecule has 4 aromatic rings. The largest absolute Gasteiger partial charge is 0.493 e. The first kappa shape index (κ1) is 24.2. The number of halogens is 1. The van der Waals surface area contributed by atoms with Crippen molar-refractivity contribution in [2.75, 3.05) is 18.2 Å². The number of nitrogens with zero attached hydrogens (tertiary/aromatic N) is 2. The summed E-state index contributed by atoms with van der Waals surface area (Å²) in [5.74, 6) is 2.36. The van der Waals surface area contributed by atoms with Crippen molar-refractivity contribution in [2.24, 2.45) is 0 Å². The minimum absolute atomic E-state index is 0.290. The van der Waals surface area contributed by atoms with Crippen LogP contribution in [-0.2, 0) is 0 Å². The molecule has 0 aliphatic carbocycles. The quantitative estimate of drug-likeness (QED) is 0.268. The standard InChI is InChI=1S/C28H24ClN3O3S/c1-17-13-14-34-25-16-26(23(29)15-22(17)25)35-20-7-3-19(4-8-20)28(33)30-27-12-11-24(31-32-27)18-5-9-21(36-2)10-6-18/h3-12,15-17H,13-14H2,1-2H3,(H,30,32,33). The summed E-state index contributed by atoms with van der Waals surface area (Å²) in [6, 6.07) is 22.2. The minimum Gasteiger partial charge on any atom is -0.493 e. The third-order valence-corrected chi connectivity index (χ3v) is 7.08. The van der Waals surface area contributed by atoms with E-state index in [2.05, 4.69) is 22.4 Å². The van der Waals surface area contributed by atoms with Gasteiger partial charge in [-0.1, -0.05) is 30.7 Å². The predicted molar refractivity (Wildman–Crippen MR) is 144 cm³/mol. The van der Waals surface area contributed by atoms with Gasteiger partial charge in [-0.3, -0.25) is 4.79 Å². The van der Waals surface area contributed by atoms with Gasteiger partial charge in [0.2, 0.25) is 0 Å². The van der Waals surface area contributed by atoms with Crippen LogP contribution < -0.4 is 14.8 Å². The third-order valence-electron chi connectivity index (χ3n) is 6.04. The number of carbonyl (C=O) groups excluding carboxylic acids is 1. The molecule has 36 heavy (non-hydrogen) atoms. The zero-order valence-electron chi connectivity index (χ0n) is 19.8. The highest BCUT2D eigenvalue weighted by atomic mass is 35.5. The molecule has 0 fully saturated rings. The van der Waals surface area contributed by atoms with Crippen molar-refractivity contribution in [1.82, 2.24) is 10.2 Å². The van der Waals surface area contributed by atoms with Gasteiger partial charge in [0.25, 0.3) is 5.91 Å². The Labute approximate surface area is 219 Å². The van der Waals surface area contributed by atoms with E-state index >= 15 is 0 Å². The van der Waals surface area contributed by atoms with Gasteiger partial charge in [0.1, 0.15) is 17.2 Å². The Balaban J connectivity index is 1.23. The number of fused-ring (bicyclic) bond motifs is 1. The summed E-state index contributed by atoms with van der Waals surface area (Å²) < 4.78 is 11.7. The molecule has 182 valence electrons. The Morgan fingerprint density at radius 3 is 2.53 bits per heavy atom. The summed E-state index contributed by atoms with van der Waals surface area (Å²) in [6.45, 7) is 2.84. The van der Waals surface area contributed by atoms with Gasteiger partial charge in [-0.2, -0.15) is 0 Å². The van der Waals surface area contributed by atoms with Crippen LogP contribution in [-0.4, -0.2) is 29.0 Å². The van der Waals surface area contributed by atoms with E-state index in [9.17, 15) is 4.79 Å². The first-order valence-electron chi connectivity index (χ1n) is 11.5. The number of rotatable bonds is 6. The number of anilines is 1. The summed E-state index contributed by atoms with van der Waals surface area (Å²) in [5, 5.41) is 11.7. The number of hydrogen-bond acceptors (Lipinski definition) is 6. The lowest BCUT2D eigenvalue weighted by Gasteiger charge is -2.24. The van der Waals surface area contributed by atoms with Gasteiger partial charge in [0.15, 0.2) is 5.82 Å². The van der Waals surface area contributed by atoms with Gasteiger partial charge < -0.3 is 14.8 Å². The fraction of sp³-hybridized carbons (Fsp3) is 0.179. The molecular weight excluding hydrogens is 494 g/mol. The van der Waals surface area contributed by atoms with Crippen LogP contribution in [0, 0.1) is 0 Å². The minimum atomic E-state index is -0.290. The van der Waals surface area contributed by atoms with Gasteiger partial charge in [-0.05, 0) is 78.8 Å². The normalized spacial score (nSPS) is 14.5. The molecule has 0 saturated heterocycles. The van der Waals surface area contributed by atoms with Crippen LogP contribution in [0.2, 0.25) is 5.02 Å². The van der Waals surface area contributed by atoms with Crippen molar-refractivity contribution in [2.45, 2.75) is 24.2 Å². The van der Waals surface area contributed by atoms with E-state index in [1.54, 1.807) is 42.1 Å². The maximum atomic E-state index is 12.7. The molecule has 1 aliphatic heterocycles. The molecule has 1 N–H and O–H groups in total. The summed E-state index contributed by atoms with van der Waals surface area (Å²) in [5.41, 5.74) is 3.27. The van der Waals surface area contributed by atoms with Gasteiger partial charge in [0, 0.05) is 22.1 Å². The fourth-order valence-corrected chi connectivity index (χ4v) is 4.56. The molecule has 0 saturated carbocycles. The summed E-state index contributed by atoms with van der Waals surface area (Å²) in [6.07, 6.45) is 3.00. The smallest absolute Gasteiger partial charge is 0.256 e. The second-order valence-electron chi connectivity index (χ2n) is 8.47. The van der Waals surface area contributed by atoms with Crippen LogP contribution in [0.4, 0.5) is 5.82 Å². The average Bonchev–Trinajstić information content (AvgIpc) is 2.91. The topological polar surface area (TPSA) is 73.3 Å². The van der Waals surface area contributed by atoms with E-state index in [1.807, 2.05) is 48.7 Å². The van der Waals surface area contributed by atoms with E-state index < -0.39 is 0 Å². The Hall–Kier alpha value is -3.55. The molecule has 3 aromatic carbocycles. The Kier molecular flexibility index (Phi) is 7.11. The number of hydrogen-bond donors (Lipinski definition) is 1. The molecule has 6 nitrogen and oxygen atoms in total. The molecule has 1 unspecified atom stereocenters. The highest BCUT2D eigenvalue weighted by molar-refractivity contribution is 7.98. The zero-order chi connectivity index (χ0) is 25.1. The average molecular weight is 518 g/mol. The molecular formula is C28H24ClN3O3S. The van der Waals surface area contributed by atoms with Gasteiger partial charge in [-0.15, -0.1) is 22.0 Å². The Morgan fingerprint density at radius 1 is 1.06 bits per heavy atom. The van der Waals surface area contributed by atoms with Crippen LogP contribution in [0.25, 0.3) is 11.3 Å². The number of benzene rings is 3. The highest BCUT2D eigenvalue weighted by Gasteiger charge is 2.20. The Bertz CT molecular complexity index is 1380. The van der Waals surface area contributed by atoms with Crippen LogP contribution >= 0.6 is 23.4 Å². The van der Waals surface area contributed by atoms with Crippen molar-refractivity contribution in [3.05, 3.63) is 88.9 Å². The van der Waals surface area contributed by atoms with Crippen LogP contribution in [0.5, 0.6) is 17.2 Å². The summed E-state index contributed by atoms with van der Waals surface area (Å²) in [7, 11) is 0. The molecule has 5 rings (SSSR count). The van der Waals surface area contributed by atoms with Crippen molar-refractivity contribution < 1.29 is 14.3 Å². The molecule has 2 heterocycles. The number of thioether (sulfide) groups is 1. The van der Waals surface area contributed by atoms with Crippen molar-refractivity contribution >= 4 is 35.1 Å². The van der Waals surface area contributed by atoms with E-state index in [0.29, 0.717) is 40.4 Å². The van der Waals surface area contributed by atoms with Crippen LogP contribution in [0.3, 0.4) is 0 Å². The second-order valence-corrected chi connectivity index (χ2v) is 9.76. The van der Waals surface area contributed by atoms with Gasteiger partial charge in [0.05, 0.1) is 17.3 Å². The summed E-state index contributed by atoms with van der Waals surface area (Å²) >= 11 is 8.14. The third kappa shape index (κ3) is 5.32. The molecule has 1 amide bonds. The number of aromatic nitrogens is 2. The first-order valence-corrected chi connectivity index (χ1v) is 13.1. The van der Waals surface area contributed by atoms with Crippen molar-refractivity contribution in [3.8, 4) is 28.5 Å². The lowest BCUT2D eigenvalue weighted by Crippen LogP contribution is -2.13. The number of ether oxygens (including phenoxy) is 2. The molecule has 1 aliphatic rings. The lowest BCUT2D eigenvalue weighted by molar-refractivity contribution is 0.102. The van der Waals surface area contributed by atoms with Gasteiger partial charge in [-0.25, -0.2) is 0 Å². The van der Waals surface area contributed by atoms with Crippen molar-refractivity contribution in [3.63, 3.8) is 0 Å². The van der Waals surface area contributed by atoms with Crippen LogP contribution in [0.1, 0.15) is 35.2 Å². The molecule has 1 atom stereocenters. The second kappa shape index (κ2) is 10.6. The number of carbonyl (C=O) groups is 1. The molecule has 8 heteroatoms. The van der Waals surface area contributed by atoms with E-state index in [0.717, 1.165) is 29.0 Å². The maximum absolute atomic E-state index is 12.7. The molecule has 0 spiro atoms. The summed E-state index contributed by atoms with van der Waals surface area (Å²) in [4.78, 5) is 13.9. The maximum Gasteiger partial charge on any atom is 0.256 e.